The Kier molecular flexibility index (Phi) is 4.08. The molecule has 3 aromatic rings. The van der Waals surface area contributed by atoms with Crippen molar-refractivity contribution in [1.29, 1.82) is 0 Å². The second-order valence-electron chi connectivity index (χ2n) is 6.23. The zero-order valence-electron chi connectivity index (χ0n) is 15.0. The Morgan fingerprint density at radius 3 is 2.16 bits per heavy atom. The summed E-state index contributed by atoms with van der Waals surface area (Å²) in [7, 11) is 8.85. The van der Waals surface area contributed by atoms with Crippen molar-refractivity contribution in [3.8, 4) is 0 Å². The number of anilines is 1. The minimum Gasteiger partial charge on any atom is -0.378 e. The molecule has 3 rings (SSSR count). The van der Waals surface area contributed by atoms with E-state index in [1.54, 1.807) is 18.7 Å². The van der Waals surface area contributed by atoms with Crippen LogP contribution in [0.25, 0.3) is 23.3 Å². The zero-order valence-corrected chi connectivity index (χ0v) is 15.0. The van der Waals surface area contributed by atoms with Gasteiger partial charge in [0, 0.05) is 40.9 Å². The van der Waals surface area contributed by atoms with Gasteiger partial charge in [0.1, 0.15) is 5.82 Å². The summed E-state index contributed by atoms with van der Waals surface area (Å²) < 4.78 is 4.19. The number of hydrogen-bond donors (Lipinski definition) is 0. The zero-order chi connectivity index (χ0) is 18.3. The molecule has 0 aliphatic rings. The fraction of sp³-hybridized carbons (Fsp3) is 0.278. The van der Waals surface area contributed by atoms with Gasteiger partial charge in [-0.3, -0.25) is 13.9 Å². The van der Waals surface area contributed by atoms with Gasteiger partial charge in [0.05, 0.1) is 0 Å². The van der Waals surface area contributed by atoms with Crippen molar-refractivity contribution < 1.29 is 0 Å². The predicted molar refractivity (Wildman–Crippen MR) is 101 cm³/mol. The third kappa shape index (κ3) is 2.77. The van der Waals surface area contributed by atoms with Crippen LogP contribution in [-0.4, -0.2) is 32.8 Å². The first-order valence-electron chi connectivity index (χ1n) is 7.89. The normalized spacial score (nSPS) is 11.6. The molecule has 0 unspecified atom stereocenters. The SMILES string of the molecule is CN(C)c1ccc(/C=C/c2nc3c(c(=O)n(C)c(=O)n3C)n2C)cc1. The van der Waals surface area contributed by atoms with Gasteiger partial charge in [0.25, 0.3) is 5.56 Å². The minimum absolute atomic E-state index is 0.344. The highest BCUT2D eigenvalue weighted by Gasteiger charge is 2.15. The molecule has 0 saturated heterocycles. The first-order valence-corrected chi connectivity index (χ1v) is 7.89. The van der Waals surface area contributed by atoms with Crippen LogP contribution >= 0.6 is 0 Å². The van der Waals surface area contributed by atoms with E-state index in [9.17, 15) is 9.59 Å². The van der Waals surface area contributed by atoms with Crippen LogP contribution in [0.5, 0.6) is 0 Å². The topological polar surface area (TPSA) is 65.1 Å². The van der Waals surface area contributed by atoms with Gasteiger partial charge in [-0.1, -0.05) is 18.2 Å². The van der Waals surface area contributed by atoms with Crippen molar-refractivity contribution in [1.82, 2.24) is 18.7 Å². The highest BCUT2D eigenvalue weighted by atomic mass is 16.2. The summed E-state index contributed by atoms with van der Waals surface area (Å²) in [6.07, 6.45) is 3.78. The summed E-state index contributed by atoms with van der Waals surface area (Å²) in [4.78, 5) is 30.9. The monoisotopic (exact) mass is 339 g/mol. The molecular weight excluding hydrogens is 318 g/mol. The van der Waals surface area contributed by atoms with Crippen molar-refractivity contribution in [3.63, 3.8) is 0 Å². The first kappa shape index (κ1) is 16.8. The second kappa shape index (κ2) is 6.08. The number of nitrogens with zero attached hydrogens (tertiary/aromatic N) is 5. The van der Waals surface area contributed by atoms with Crippen LogP contribution in [-0.2, 0) is 21.1 Å². The molecule has 0 aliphatic carbocycles. The van der Waals surface area contributed by atoms with Gasteiger partial charge in [0.2, 0.25) is 0 Å². The standard InChI is InChI=1S/C18H21N5O2/c1-20(2)13-9-6-12(7-10-13)8-11-14-19-16-15(21(14)3)17(24)23(5)18(25)22(16)4/h6-11H,1-5H3/b11-8+. The predicted octanol–water partition coefficient (Wildman–Crippen LogP) is 1.21. The molecule has 0 fully saturated rings. The summed E-state index contributed by atoms with van der Waals surface area (Å²) >= 11 is 0. The number of benzene rings is 1. The van der Waals surface area contributed by atoms with Gasteiger partial charge < -0.3 is 9.47 Å². The molecular formula is C18H21N5O2. The van der Waals surface area contributed by atoms with E-state index in [4.69, 9.17) is 0 Å². The van der Waals surface area contributed by atoms with Crippen LogP contribution in [0.3, 0.4) is 0 Å². The molecule has 0 bridgehead atoms. The summed E-state index contributed by atoms with van der Waals surface area (Å²) in [5.41, 5.74) is 2.22. The lowest BCUT2D eigenvalue weighted by molar-refractivity contribution is 0.705. The fourth-order valence-corrected chi connectivity index (χ4v) is 2.74. The summed E-state index contributed by atoms with van der Waals surface area (Å²) in [5, 5.41) is 0. The Hall–Kier alpha value is -3.09. The average Bonchev–Trinajstić information content (AvgIpc) is 2.93. The van der Waals surface area contributed by atoms with E-state index in [0.29, 0.717) is 17.0 Å². The summed E-state index contributed by atoms with van der Waals surface area (Å²) in [6, 6.07) is 8.11. The van der Waals surface area contributed by atoms with Crippen molar-refractivity contribution in [2.24, 2.45) is 21.1 Å². The molecule has 0 radical (unpaired) electrons. The van der Waals surface area contributed by atoms with Crippen LogP contribution in [0.4, 0.5) is 5.69 Å². The molecule has 2 heterocycles. The molecule has 0 spiro atoms. The first-order chi connectivity index (χ1) is 11.8. The largest absolute Gasteiger partial charge is 0.378 e. The van der Waals surface area contributed by atoms with Crippen molar-refractivity contribution in [2.45, 2.75) is 0 Å². The van der Waals surface area contributed by atoms with E-state index >= 15 is 0 Å². The van der Waals surface area contributed by atoms with E-state index in [0.717, 1.165) is 15.8 Å². The molecule has 7 nitrogen and oxygen atoms in total. The Balaban J connectivity index is 2.06. The van der Waals surface area contributed by atoms with Crippen LogP contribution in [0, 0.1) is 0 Å². The van der Waals surface area contributed by atoms with Gasteiger partial charge in [-0.25, -0.2) is 9.78 Å². The summed E-state index contributed by atoms with van der Waals surface area (Å²) in [6.45, 7) is 0. The highest BCUT2D eigenvalue weighted by molar-refractivity contribution is 5.76. The number of aryl methyl sites for hydroxylation is 2. The van der Waals surface area contributed by atoms with Gasteiger partial charge in [-0.05, 0) is 23.8 Å². The second-order valence-corrected chi connectivity index (χ2v) is 6.23. The van der Waals surface area contributed by atoms with Gasteiger partial charge >= 0.3 is 5.69 Å². The quantitative estimate of drug-likeness (QED) is 0.719. The van der Waals surface area contributed by atoms with Gasteiger partial charge in [0.15, 0.2) is 11.2 Å². The third-order valence-electron chi connectivity index (χ3n) is 4.34. The molecule has 7 heteroatoms. The van der Waals surface area contributed by atoms with E-state index in [1.165, 1.54) is 11.6 Å². The van der Waals surface area contributed by atoms with E-state index in [2.05, 4.69) is 4.98 Å². The lowest BCUT2D eigenvalue weighted by Gasteiger charge is -2.11. The highest BCUT2D eigenvalue weighted by Crippen LogP contribution is 2.15. The maximum Gasteiger partial charge on any atom is 0.332 e. The Morgan fingerprint density at radius 1 is 0.920 bits per heavy atom. The van der Waals surface area contributed by atoms with Crippen LogP contribution in [0.15, 0.2) is 33.9 Å². The number of rotatable bonds is 3. The molecule has 25 heavy (non-hydrogen) atoms. The van der Waals surface area contributed by atoms with E-state index in [1.807, 2.05) is 55.4 Å². The lowest BCUT2D eigenvalue weighted by Crippen LogP contribution is -2.37. The molecule has 1 aromatic carbocycles. The fourth-order valence-electron chi connectivity index (χ4n) is 2.74. The molecule has 0 atom stereocenters. The van der Waals surface area contributed by atoms with Crippen molar-refractivity contribution >= 4 is 29.0 Å². The van der Waals surface area contributed by atoms with Gasteiger partial charge in [-0.2, -0.15) is 0 Å². The molecule has 2 aromatic heterocycles. The average molecular weight is 339 g/mol. The van der Waals surface area contributed by atoms with Crippen molar-refractivity contribution in [3.05, 3.63) is 56.5 Å². The van der Waals surface area contributed by atoms with Crippen LogP contribution in [0.1, 0.15) is 11.4 Å². The lowest BCUT2D eigenvalue weighted by atomic mass is 10.2. The number of hydrogen-bond acceptors (Lipinski definition) is 4. The number of imidazole rings is 1. The number of fused-ring (bicyclic) bond motifs is 1. The molecule has 0 N–H and O–H groups in total. The van der Waals surface area contributed by atoms with Gasteiger partial charge in [-0.15, -0.1) is 0 Å². The van der Waals surface area contributed by atoms with E-state index in [-0.39, 0.29) is 11.2 Å². The maximum absolute atomic E-state index is 12.4. The number of aromatic nitrogens is 4. The molecule has 130 valence electrons. The molecule has 0 aliphatic heterocycles. The Morgan fingerprint density at radius 2 is 1.56 bits per heavy atom. The third-order valence-corrected chi connectivity index (χ3v) is 4.34. The van der Waals surface area contributed by atoms with Crippen LogP contribution in [0.2, 0.25) is 0 Å². The van der Waals surface area contributed by atoms with Crippen molar-refractivity contribution in [2.75, 3.05) is 19.0 Å². The Labute approximate surface area is 145 Å². The molecule has 0 amide bonds. The van der Waals surface area contributed by atoms with E-state index < -0.39 is 0 Å². The van der Waals surface area contributed by atoms with Crippen LogP contribution < -0.4 is 16.1 Å². The minimum atomic E-state index is -0.384. The summed E-state index contributed by atoms with van der Waals surface area (Å²) in [5.74, 6) is 0.616. The Bertz CT molecular complexity index is 1080. The molecule has 0 saturated carbocycles. The smallest absolute Gasteiger partial charge is 0.332 e. The maximum atomic E-state index is 12.4.